The van der Waals surface area contributed by atoms with Gasteiger partial charge in [-0.25, -0.2) is 0 Å². The molecule has 2 aliphatic rings. The van der Waals surface area contributed by atoms with Crippen molar-refractivity contribution in [1.29, 1.82) is 0 Å². The number of nitrogens with zero attached hydrogens (tertiary/aromatic N) is 1. The number of amides is 1. The van der Waals surface area contributed by atoms with Crippen molar-refractivity contribution < 1.29 is 22.8 Å². The fraction of sp³-hybridized carbons (Fsp3) is 0.400. The number of halogens is 4. The molecule has 0 spiro atoms. The molecule has 0 aliphatic carbocycles. The molecule has 2 aliphatic heterocycles. The van der Waals surface area contributed by atoms with Gasteiger partial charge in [-0.05, 0) is 30.2 Å². The predicted molar refractivity (Wildman–Crippen MR) is 111 cm³/mol. The molecule has 1 aromatic rings. The molecule has 3 rings (SSSR count). The molecular weight excluding hydrogens is 439 g/mol. The van der Waals surface area contributed by atoms with Crippen LogP contribution in [0.4, 0.5) is 13.2 Å². The van der Waals surface area contributed by atoms with E-state index in [1.807, 2.05) is 12.1 Å². The highest BCUT2D eigenvalue weighted by Crippen LogP contribution is 2.35. The van der Waals surface area contributed by atoms with Crippen molar-refractivity contribution in [3.8, 4) is 0 Å². The third-order valence-corrected chi connectivity index (χ3v) is 6.18. The zero-order valence-electron chi connectivity index (χ0n) is 15.9. The number of fused-ring (bicyclic) bond motifs is 1. The number of alkyl halides is 3. The maximum absolute atomic E-state index is 12.7. The molecule has 0 bridgehead atoms. The molecular formula is C20H21ClF3N3O2S. The SMILES string of the molecule is N[C@H]1CSC2=CC(C(=O)NCCCC(F)(F)F)=CN(Cc3ccc(Cl)cc3)C2C1=O. The van der Waals surface area contributed by atoms with Gasteiger partial charge in [0, 0.05) is 41.4 Å². The number of rotatable bonds is 6. The van der Waals surface area contributed by atoms with Crippen LogP contribution in [0.3, 0.4) is 0 Å². The highest BCUT2D eigenvalue weighted by molar-refractivity contribution is 8.03. The Morgan fingerprint density at radius 1 is 1.30 bits per heavy atom. The van der Waals surface area contributed by atoms with Crippen LogP contribution in [0.25, 0.3) is 0 Å². The lowest BCUT2D eigenvalue weighted by molar-refractivity contribution is -0.136. The number of carbonyl (C=O) groups is 2. The molecule has 0 aromatic heterocycles. The Kier molecular flexibility index (Phi) is 7.15. The molecule has 0 radical (unpaired) electrons. The molecule has 10 heteroatoms. The molecule has 30 heavy (non-hydrogen) atoms. The lowest BCUT2D eigenvalue weighted by atomic mass is 9.98. The number of hydrogen-bond acceptors (Lipinski definition) is 5. The number of carbonyl (C=O) groups excluding carboxylic acids is 2. The van der Waals surface area contributed by atoms with Gasteiger partial charge in [-0.2, -0.15) is 13.2 Å². The van der Waals surface area contributed by atoms with E-state index in [1.54, 1.807) is 29.3 Å². The summed E-state index contributed by atoms with van der Waals surface area (Å²) in [6.07, 6.45) is -2.22. The summed E-state index contributed by atoms with van der Waals surface area (Å²) in [5.74, 6) is -0.196. The first-order valence-corrected chi connectivity index (χ1v) is 10.7. The minimum atomic E-state index is -4.25. The van der Waals surface area contributed by atoms with E-state index in [9.17, 15) is 22.8 Å². The van der Waals surface area contributed by atoms with Crippen LogP contribution in [0, 0.1) is 0 Å². The lowest BCUT2D eigenvalue weighted by Crippen LogP contribution is -2.52. The number of benzene rings is 1. The van der Waals surface area contributed by atoms with E-state index in [2.05, 4.69) is 5.32 Å². The van der Waals surface area contributed by atoms with Crippen LogP contribution < -0.4 is 11.1 Å². The number of nitrogens with two attached hydrogens (primary N) is 1. The molecule has 1 amide bonds. The summed E-state index contributed by atoms with van der Waals surface area (Å²) in [4.78, 5) is 27.7. The van der Waals surface area contributed by atoms with Gasteiger partial charge in [-0.15, -0.1) is 11.8 Å². The first-order chi connectivity index (χ1) is 14.1. The molecule has 5 nitrogen and oxygen atoms in total. The lowest BCUT2D eigenvalue weighted by Gasteiger charge is -2.39. The molecule has 162 valence electrons. The van der Waals surface area contributed by atoms with Gasteiger partial charge in [-0.3, -0.25) is 9.59 Å². The zero-order valence-corrected chi connectivity index (χ0v) is 17.5. The molecule has 3 N–H and O–H groups in total. The van der Waals surface area contributed by atoms with Gasteiger partial charge >= 0.3 is 6.18 Å². The van der Waals surface area contributed by atoms with Gasteiger partial charge < -0.3 is 16.0 Å². The highest BCUT2D eigenvalue weighted by atomic mass is 35.5. The van der Waals surface area contributed by atoms with Crippen molar-refractivity contribution in [1.82, 2.24) is 10.2 Å². The molecule has 2 heterocycles. The van der Waals surface area contributed by atoms with Crippen LogP contribution >= 0.6 is 23.4 Å². The van der Waals surface area contributed by atoms with E-state index in [0.717, 1.165) is 5.56 Å². The summed E-state index contributed by atoms with van der Waals surface area (Å²) in [5.41, 5.74) is 7.12. The van der Waals surface area contributed by atoms with Crippen LogP contribution in [-0.2, 0) is 16.1 Å². The third kappa shape index (κ3) is 5.80. The summed E-state index contributed by atoms with van der Waals surface area (Å²) < 4.78 is 36.8. The summed E-state index contributed by atoms with van der Waals surface area (Å²) in [7, 11) is 0. The van der Waals surface area contributed by atoms with Crippen LogP contribution in [0.2, 0.25) is 5.02 Å². The monoisotopic (exact) mass is 459 g/mol. The van der Waals surface area contributed by atoms with Crippen LogP contribution in [-0.4, -0.2) is 47.1 Å². The smallest absolute Gasteiger partial charge is 0.358 e. The van der Waals surface area contributed by atoms with Crippen LogP contribution in [0.5, 0.6) is 0 Å². The van der Waals surface area contributed by atoms with E-state index in [1.165, 1.54) is 11.8 Å². The van der Waals surface area contributed by atoms with Crippen molar-refractivity contribution in [2.75, 3.05) is 12.3 Å². The van der Waals surface area contributed by atoms with E-state index in [4.69, 9.17) is 17.3 Å². The summed E-state index contributed by atoms with van der Waals surface area (Å²) in [6, 6.07) is 5.93. The zero-order chi connectivity index (χ0) is 21.9. The van der Waals surface area contributed by atoms with Crippen molar-refractivity contribution >= 4 is 35.1 Å². The first-order valence-electron chi connectivity index (χ1n) is 9.35. The number of thioether (sulfide) groups is 1. The van der Waals surface area contributed by atoms with Crippen molar-refractivity contribution in [3.05, 3.63) is 57.6 Å². The fourth-order valence-corrected chi connectivity index (χ4v) is 4.52. The van der Waals surface area contributed by atoms with Gasteiger partial charge in [-0.1, -0.05) is 23.7 Å². The Morgan fingerprint density at radius 3 is 2.67 bits per heavy atom. The first kappa shape index (κ1) is 22.7. The Balaban J connectivity index is 1.76. The average Bonchev–Trinajstić information content (AvgIpc) is 2.68. The van der Waals surface area contributed by atoms with E-state index in [-0.39, 0.29) is 24.3 Å². The Hall–Kier alpha value is -1.97. The van der Waals surface area contributed by atoms with Gasteiger partial charge in [0.15, 0.2) is 5.78 Å². The third-order valence-electron chi connectivity index (χ3n) is 4.73. The Morgan fingerprint density at radius 2 is 2.00 bits per heavy atom. The summed E-state index contributed by atoms with van der Waals surface area (Å²) in [6.45, 7) is 0.263. The standard InChI is InChI=1S/C20H21ClF3N3O2S/c21-14-4-2-12(3-5-14)9-27-10-13(19(29)26-7-1-6-20(22,23)24)8-16-17(27)18(28)15(25)11-30-16/h2-5,8,10,15,17H,1,6-7,9,11,25H2,(H,26,29)/t15-,17?/m0/s1. The van der Waals surface area contributed by atoms with E-state index < -0.39 is 30.6 Å². The van der Waals surface area contributed by atoms with Gasteiger partial charge in [0.05, 0.1) is 11.6 Å². The second-order valence-electron chi connectivity index (χ2n) is 7.13. The molecule has 1 unspecified atom stereocenters. The quantitative estimate of drug-likeness (QED) is 0.638. The second-order valence-corrected chi connectivity index (χ2v) is 8.66. The molecule has 0 saturated carbocycles. The molecule has 1 aromatic carbocycles. The normalized spacial score (nSPS) is 21.6. The Labute approximate surface area is 181 Å². The predicted octanol–water partition coefficient (Wildman–Crippen LogP) is 3.39. The van der Waals surface area contributed by atoms with E-state index in [0.29, 0.717) is 22.2 Å². The highest BCUT2D eigenvalue weighted by Gasteiger charge is 2.39. The van der Waals surface area contributed by atoms with Crippen LogP contribution in [0.15, 0.2) is 47.0 Å². The topological polar surface area (TPSA) is 75.4 Å². The van der Waals surface area contributed by atoms with Crippen molar-refractivity contribution in [3.63, 3.8) is 0 Å². The average molecular weight is 460 g/mol. The summed E-state index contributed by atoms with van der Waals surface area (Å²) >= 11 is 7.34. The number of nitrogens with one attached hydrogen (secondary N) is 1. The molecule has 1 saturated heterocycles. The van der Waals surface area contributed by atoms with E-state index >= 15 is 0 Å². The van der Waals surface area contributed by atoms with Crippen molar-refractivity contribution in [2.45, 2.75) is 37.6 Å². The van der Waals surface area contributed by atoms with Gasteiger partial charge in [0.2, 0.25) is 0 Å². The number of Topliss-reactive ketones (excluding diaryl/α,β-unsaturated/α-hetero) is 1. The second kappa shape index (κ2) is 9.45. The maximum atomic E-state index is 12.7. The number of ketones is 1. The molecule has 2 atom stereocenters. The van der Waals surface area contributed by atoms with Crippen molar-refractivity contribution in [2.24, 2.45) is 5.73 Å². The summed E-state index contributed by atoms with van der Waals surface area (Å²) in [5, 5.41) is 3.10. The van der Waals surface area contributed by atoms with Gasteiger partial charge in [0.1, 0.15) is 6.04 Å². The molecule has 1 fully saturated rings. The number of hydrogen-bond donors (Lipinski definition) is 2. The Bertz CT molecular complexity index is 871. The van der Waals surface area contributed by atoms with Crippen LogP contribution in [0.1, 0.15) is 18.4 Å². The maximum Gasteiger partial charge on any atom is 0.389 e. The van der Waals surface area contributed by atoms with Gasteiger partial charge in [0.25, 0.3) is 5.91 Å². The largest absolute Gasteiger partial charge is 0.389 e. The fourth-order valence-electron chi connectivity index (χ4n) is 3.24. The minimum Gasteiger partial charge on any atom is -0.358 e. The minimum absolute atomic E-state index is 0.0869.